The number of nitro benzene ring substituents is 1. The highest BCUT2D eigenvalue weighted by atomic mass is 32.1. The maximum absolute atomic E-state index is 12.1. The van der Waals surface area contributed by atoms with Crippen molar-refractivity contribution in [3.8, 4) is 0 Å². The Morgan fingerprint density at radius 2 is 2.19 bits per heavy atom. The van der Waals surface area contributed by atoms with Crippen molar-refractivity contribution < 1.29 is 9.72 Å². The van der Waals surface area contributed by atoms with Gasteiger partial charge in [-0.25, -0.2) is 0 Å². The summed E-state index contributed by atoms with van der Waals surface area (Å²) in [5.74, 6) is -0.433. The van der Waals surface area contributed by atoms with E-state index in [1.54, 1.807) is 19.1 Å². The molecule has 2 rings (SSSR count). The summed E-state index contributed by atoms with van der Waals surface area (Å²) in [4.78, 5) is 22.5. The first-order valence-corrected chi connectivity index (χ1v) is 7.21. The van der Waals surface area contributed by atoms with E-state index in [2.05, 4.69) is 15.5 Å². The molecule has 0 aliphatic carbocycles. The first-order valence-electron chi connectivity index (χ1n) is 6.40. The first-order chi connectivity index (χ1) is 10.0. The van der Waals surface area contributed by atoms with Crippen molar-refractivity contribution >= 4 is 28.1 Å². The number of nitrogens with one attached hydrogen (secondary N) is 1. The minimum atomic E-state index is -0.504. The maximum atomic E-state index is 12.1. The molecule has 110 valence electrons. The van der Waals surface area contributed by atoms with Crippen LogP contribution in [0.3, 0.4) is 0 Å². The van der Waals surface area contributed by atoms with Gasteiger partial charge in [-0.05, 0) is 19.4 Å². The molecular weight excluding hydrogens is 292 g/mol. The number of carbonyl (C=O) groups is 1. The van der Waals surface area contributed by atoms with Gasteiger partial charge in [0.25, 0.3) is 11.6 Å². The van der Waals surface area contributed by atoms with Gasteiger partial charge in [-0.3, -0.25) is 20.2 Å². The number of hydrogen-bond donors (Lipinski definition) is 1. The van der Waals surface area contributed by atoms with Gasteiger partial charge in [-0.1, -0.05) is 24.3 Å². The Balaban J connectivity index is 2.16. The highest BCUT2D eigenvalue weighted by molar-refractivity contribution is 7.15. The summed E-state index contributed by atoms with van der Waals surface area (Å²) < 4.78 is 0. The quantitative estimate of drug-likeness (QED) is 0.676. The van der Waals surface area contributed by atoms with Gasteiger partial charge in [0, 0.05) is 23.6 Å². The monoisotopic (exact) mass is 306 g/mol. The molecule has 0 aliphatic heterocycles. The predicted molar refractivity (Wildman–Crippen MR) is 79.7 cm³/mol. The van der Waals surface area contributed by atoms with Crippen LogP contribution in [0.5, 0.6) is 0 Å². The number of amides is 1. The summed E-state index contributed by atoms with van der Waals surface area (Å²) in [6.45, 7) is 3.66. The van der Waals surface area contributed by atoms with Crippen LogP contribution in [0.4, 0.5) is 10.8 Å². The van der Waals surface area contributed by atoms with E-state index in [4.69, 9.17) is 0 Å². The van der Waals surface area contributed by atoms with E-state index >= 15 is 0 Å². The molecule has 0 atom stereocenters. The summed E-state index contributed by atoms with van der Waals surface area (Å²) in [7, 11) is 0. The van der Waals surface area contributed by atoms with E-state index < -0.39 is 10.8 Å². The van der Waals surface area contributed by atoms with Crippen molar-refractivity contribution in [1.29, 1.82) is 0 Å². The van der Waals surface area contributed by atoms with Crippen LogP contribution >= 0.6 is 11.3 Å². The molecule has 1 amide bonds. The summed E-state index contributed by atoms with van der Waals surface area (Å²) >= 11 is 1.31. The number of aromatic nitrogens is 2. The summed E-state index contributed by atoms with van der Waals surface area (Å²) in [5.41, 5.74) is 0.656. The Labute approximate surface area is 125 Å². The van der Waals surface area contributed by atoms with Crippen molar-refractivity contribution in [3.05, 3.63) is 44.4 Å². The second-order valence-corrected chi connectivity index (χ2v) is 5.53. The van der Waals surface area contributed by atoms with Gasteiger partial charge in [-0.15, -0.1) is 10.2 Å². The first kappa shape index (κ1) is 15.0. The van der Waals surface area contributed by atoms with Crippen molar-refractivity contribution in [1.82, 2.24) is 10.2 Å². The Morgan fingerprint density at radius 3 is 2.86 bits per heavy atom. The third-order valence-electron chi connectivity index (χ3n) is 2.82. The molecule has 0 aliphatic rings. The normalized spacial score (nSPS) is 10.4. The zero-order chi connectivity index (χ0) is 15.4. The van der Waals surface area contributed by atoms with E-state index in [0.29, 0.717) is 10.7 Å². The number of nitrogens with zero attached hydrogens (tertiary/aromatic N) is 3. The Kier molecular flexibility index (Phi) is 4.59. The molecule has 0 fully saturated rings. The Hall–Kier alpha value is -2.35. The number of benzene rings is 1. The molecule has 0 bridgehead atoms. The second kappa shape index (κ2) is 6.40. The van der Waals surface area contributed by atoms with Crippen molar-refractivity contribution in [3.63, 3.8) is 0 Å². The fraction of sp³-hybridized carbons (Fsp3) is 0.308. The lowest BCUT2D eigenvalue weighted by molar-refractivity contribution is -0.385. The summed E-state index contributed by atoms with van der Waals surface area (Å²) in [6.07, 6.45) is 1.76. The van der Waals surface area contributed by atoms with E-state index in [1.165, 1.54) is 17.4 Å². The fourth-order valence-corrected chi connectivity index (χ4v) is 2.57. The molecule has 1 aromatic heterocycles. The largest absolute Gasteiger partial charge is 0.296 e. The lowest BCUT2D eigenvalue weighted by atomic mass is 10.1. The van der Waals surface area contributed by atoms with Crippen LogP contribution in [0.1, 0.15) is 34.3 Å². The summed E-state index contributed by atoms with van der Waals surface area (Å²) in [6, 6.07) is 4.36. The molecule has 2 aromatic rings. The molecule has 0 radical (unpaired) electrons. The molecule has 0 saturated heterocycles. The van der Waals surface area contributed by atoms with E-state index in [-0.39, 0.29) is 11.3 Å². The van der Waals surface area contributed by atoms with Gasteiger partial charge in [0.05, 0.1) is 4.92 Å². The topological polar surface area (TPSA) is 98.0 Å². The lowest BCUT2D eigenvalue weighted by Gasteiger charge is -2.02. The van der Waals surface area contributed by atoms with Gasteiger partial charge in [0.2, 0.25) is 5.13 Å². The Bertz CT molecular complexity index is 684. The average Bonchev–Trinajstić information content (AvgIpc) is 2.86. The predicted octanol–water partition coefficient (Wildman–Crippen LogP) is 2.96. The Morgan fingerprint density at radius 1 is 1.43 bits per heavy atom. The molecule has 1 aromatic carbocycles. The maximum Gasteiger partial charge on any atom is 0.273 e. The van der Waals surface area contributed by atoms with Gasteiger partial charge in [0.1, 0.15) is 5.01 Å². The number of aryl methyl sites for hydroxylation is 2. The number of nitro groups is 1. The minimum absolute atomic E-state index is 0.0772. The SMILES string of the molecule is CCCc1nnc(NC(=O)c2ccc(C)c([N+](=O)[O-])c2)s1. The highest BCUT2D eigenvalue weighted by Gasteiger charge is 2.16. The van der Waals surface area contributed by atoms with E-state index in [1.807, 2.05) is 6.92 Å². The smallest absolute Gasteiger partial charge is 0.273 e. The van der Waals surface area contributed by atoms with Crippen LogP contribution in [0.25, 0.3) is 0 Å². The fourth-order valence-electron chi connectivity index (χ4n) is 1.74. The standard InChI is InChI=1S/C13H14N4O3S/c1-3-4-11-15-16-13(21-11)14-12(18)9-6-5-8(2)10(7-9)17(19)20/h5-7H,3-4H2,1-2H3,(H,14,16,18). The summed E-state index contributed by atoms with van der Waals surface area (Å²) in [5, 5.41) is 22.6. The molecule has 1 N–H and O–H groups in total. The number of carbonyl (C=O) groups excluding carboxylic acids is 1. The number of rotatable bonds is 5. The van der Waals surface area contributed by atoms with E-state index in [9.17, 15) is 14.9 Å². The van der Waals surface area contributed by atoms with E-state index in [0.717, 1.165) is 17.8 Å². The third kappa shape index (κ3) is 3.60. The van der Waals surface area contributed by atoms with Crippen molar-refractivity contribution in [2.75, 3.05) is 5.32 Å². The molecule has 7 nitrogen and oxygen atoms in total. The van der Waals surface area contributed by atoms with Crippen LogP contribution in [0, 0.1) is 17.0 Å². The number of anilines is 1. The van der Waals surface area contributed by atoms with Crippen molar-refractivity contribution in [2.45, 2.75) is 26.7 Å². The van der Waals surface area contributed by atoms with Gasteiger partial charge in [0.15, 0.2) is 0 Å². The van der Waals surface area contributed by atoms with Gasteiger partial charge >= 0.3 is 0 Å². The van der Waals surface area contributed by atoms with Crippen LogP contribution in [-0.2, 0) is 6.42 Å². The minimum Gasteiger partial charge on any atom is -0.296 e. The molecule has 21 heavy (non-hydrogen) atoms. The third-order valence-corrected chi connectivity index (χ3v) is 3.72. The van der Waals surface area contributed by atoms with Gasteiger partial charge < -0.3 is 0 Å². The molecular formula is C13H14N4O3S. The molecule has 0 spiro atoms. The van der Waals surface area contributed by atoms with Crippen LogP contribution in [0.2, 0.25) is 0 Å². The molecule has 8 heteroatoms. The molecule has 1 heterocycles. The van der Waals surface area contributed by atoms with Crippen LogP contribution < -0.4 is 5.32 Å². The van der Waals surface area contributed by atoms with Crippen molar-refractivity contribution in [2.24, 2.45) is 0 Å². The zero-order valence-electron chi connectivity index (χ0n) is 11.6. The second-order valence-electron chi connectivity index (χ2n) is 4.46. The lowest BCUT2D eigenvalue weighted by Crippen LogP contribution is -2.12. The molecule has 0 saturated carbocycles. The average molecular weight is 306 g/mol. The van der Waals surface area contributed by atoms with Gasteiger partial charge in [-0.2, -0.15) is 0 Å². The molecule has 0 unspecified atom stereocenters. The zero-order valence-corrected chi connectivity index (χ0v) is 12.4. The van der Waals surface area contributed by atoms with Crippen LogP contribution in [0.15, 0.2) is 18.2 Å². The van der Waals surface area contributed by atoms with Crippen LogP contribution in [-0.4, -0.2) is 21.0 Å². The number of hydrogen-bond acceptors (Lipinski definition) is 6. The highest BCUT2D eigenvalue weighted by Crippen LogP contribution is 2.21.